The van der Waals surface area contributed by atoms with E-state index >= 15 is 0 Å². The van der Waals surface area contributed by atoms with Gasteiger partial charge in [0.05, 0.1) is 11.2 Å². The Hall–Kier alpha value is -1.01. The number of hydrogen-bond donors (Lipinski definition) is 2. The smallest absolute Gasteiger partial charge is 0.265 e. The summed E-state index contributed by atoms with van der Waals surface area (Å²) in [5, 5.41) is 7.19. The van der Waals surface area contributed by atoms with Gasteiger partial charge in [0.25, 0.3) is 5.91 Å². The van der Waals surface area contributed by atoms with Crippen LogP contribution in [-0.2, 0) is 5.41 Å². The number of hydrogen-bond acceptors (Lipinski definition) is 5. The number of carbonyl (C=O) groups excluding carboxylic acids is 1. The number of nitrogens with zero attached hydrogens (tertiary/aromatic N) is 2. The van der Waals surface area contributed by atoms with Gasteiger partial charge in [-0.3, -0.25) is 4.79 Å². The molecule has 1 amide bonds. The molecule has 0 saturated heterocycles. The highest BCUT2D eigenvalue weighted by atomic mass is 32.1. The van der Waals surface area contributed by atoms with Crippen molar-refractivity contribution >= 4 is 17.4 Å². The molecule has 1 unspecified atom stereocenters. The summed E-state index contributed by atoms with van der Waals surface area (Å²) in [5.41, 5.74) is 6.09. The first-order valence-electron chi connectivity index (χ1n) is 6.63. The van der Waals surface area contributed by atoms with Crippen molar-refractivity contribution in [2.45, 2.75) is 51.5 Å². The van der Waals surface area contributed by atoms with E-state index in [4.69, 9.17) is 5.73 Å². The number of nitrogens with two attached hydrogens (primary N) is 1. The molecule has 2 rings (SSSR count). The van der Waals surface area contributed by atoms with E-state index in [0.717, 1.165) is 30.1 Å². The highest BCUT2D eigenvalue weighted by Crippen LogP contribution is 2.39. The van der Waals surface area contributed by atoms with Crippen LogP contribution in [0.15, 0.2) is 0 Å². The van der Waals surface area contributed by atoms with Crippen LogP contribution in [0.1, 0.15) is 55.9 Å². The van der Waals surface area contributed by atoms with Crippen LogP contribution in [-0.4, -0.2) is 27.6 Å². The molecule has 0 aliphatic heterocycles. The summed E-state index contributed by atoms with van der Waals surface area (Å²) in [6.07, 6.45) is 2.28. The van der Waals surface area contributed by atoms with Crippen LogP contribution >= 0.6 is 11.5 Å². The van der Waals surface area contributed by atoms with Crippen molar-refractivity contribution in [2.24, 2.45) is 11.7 Å². The quantitative estimate of drug-likeness (QED) is 0.880. The van der Waals surface area contributed by atoms with Gasteiger partial charge in [-0.05, 0) is 37.2 Å². The summed E-state index contributed by atoms with van der Waals surface area (Å²) in [4.78, 5) is 13.0. The molecule has 1 aromatic heterocycles. The summed E-state index contributed by atoms with van der Waals surface area (Å²) in [6, 6.07) is 0. The zero-order valence-electron chi connectivity index (χ0n) is 12.0. The van der Waals surface area contributed by atoms with Gasteiger partial charge in [-0.1, -0.05) is 25.3 Å². The van der Waals surface area contributed by atoms with E-state index in [1.54, 1.807) is 0 Å². The second-order valence-corrected chi connectivity index (χ2v) is 7.30. The van der Waals surface area contributed by atoms with Crippen molar-refractivity contribution in [3.63, 3.8) is 0 Å². The number of amides is 1. The average Bonchev–Trinajstić information content (AvgIpc) is 3.04. The van der Waals surface area contributed by atoms with Crippen LogP contribution in [0.3, 0.4) is 0 Å². The summed E-state index contributed by atoms with van der Waals surface area (Å²) in [6.45, 7) is 8.57. The predicted molar refractivity (Wildman–Crippen MR) is 76.3 cm³/mol. The molecule has 0 radical (unpaired) electrons. The highest BCUT2D eigenvalue weighted by molar-refractivity contribution is 7.08. The monoisotopic (exact) mass is 282 g/mol. The van der Waals surface area contributed by atoms with Gasteiger partial charge in [0, 0.05) is 12.0 Å². The van der Waals surface area contributed by atoms with E-state index in [1.807, 2.05) is 27.7 Å². The Morgan fingerprint density at radius 1 is 1.42 bits per heavy atom. The van der Waals surface area contributed by atoms with E-state index in [0.29, 0.717) is 17.3 Å². The van der Waals surface area contributed by atoms with Crippen LogP contribution in [0.4, 0.5) is 0 Å². The minimum absolute atomic E-state index is 0.0974. The first-order chi connectivity index (χ1) is 8.78. The molecule has 3 N–H and O–H groups in total. The summed E-state index contributed by atoms with van der Waals surface area (Å²) >= 11 is 1.15. The van der Waals surface area contributed by atoms with E-state index in [9.17, 15) is 4.79 Å². The van der Waals surface area contributed by atoms with E-state index in [1.165, 1.54) is 0 Å². The topological polar surface area (TPSA) is 80.9 Å². The fourth-order valence-corrected chi connectivity index (χ4v) is 2.96. The van der Waals surface area contributed by atoms with Crippen molar-refractivity contribution in [1.82, 2.24) is 14.9 Å². The van der Waals surface area contributed by atoms with Gasteiger partial charge in [-0.2, -0.15) is 0 Å². The molecule has 1 aromatic rings. The minimum atomic E-state index is -0.309. The lowest BCUT2D eigenvalue weighted by Gasteiger charge is -2.29. The number of carbonyl (C=O) groups is 1. The van der Waals surface area contributed by atoms with Crippen LogP contribution in [0.5, 0.6) is 0 Å². The van der Waals surface area contributed by atoms with Gasteiger partial charge in [-0.25, -0.2) is 0 Å². The third-order valence-electron chi connectivity index (χ3n) is 3.71. The van der Waals surface area contributed by atoms with E-state index in [2.05, 4.69) is 14.9 Å². The molecule has 0 bridgehead atoms. The fourth-order valence-electron chi connectivity index (χ4n) is 2.19. The second kappa shape index (κ2) is 4.83. The molecule has 0 aromatic carbocycles. The van der Waals surface area contributed by atoms with E-state index in [-0.39, 0.29) is 16.9 Å². The SMILES string of the molecule is CC(C)(C)c1nnsc1C(=O)NC(C)(CN)C1CC1. The fraction of sp³-hybridized carbons (Fsp3) is 0.769. The lowest BCUT2D eigenvalue weighted by Crippen LogP contribution is -2.53. The molecule has 1 aliphatic rings. The van der Waals surface area contributed by atoms with Gasteiger partial charge < -0.3 is 11.1 Å². The van der Waals surface area contributed by atoms with Crippen LogP contribution in [0.2, 0.25) is 0 Å². The van der Waals surface area contributed by atoms with Crippen LogP contribution < -0.4 is 11.1 Å². The Morgan fingerprint density at radius 3 is 2.53 bits per heavy atom. The lowest BCUT2D eigenvalue weighted by atomic mass is 9.90. The standard InChI is InChI=1S/C13H22N4OS/c1-12(2,3)10-9(19-17-16-10)11(18)15-13(4,7-14)8-5-6-8/h8H,5-7,14H2,1-4H3,(H,15,18). The third-order valence-corrected chi connectivity index (χ3v) is 4.43. The second-order valence-electron chi connectivity index (χ2n) is 6.55. The zero-order chi connectivity index (χ0) is 14.3. The normalized spacial score (nSPS) is 19.0. The van der Waals surface area contributed by atoms with Crippen molar-refractivity contribution in [2.75, 3.05) is 6.54 Å². The lowest BCUT2D eigenvalue weighted by molar-refractivity contribution is 0.0899. The minimum Gasteiger partial charge on any atom is -0.345 e. The molecular weight excluding hydrogens is 260 g/mol. The summed E-state index contributed by atoms with van der Waals surface area (Å²) in [7, 11) is 0. The third kappa shape index (κ3) is 2.95. The van der Waals surface area contributed by atoms with Gasteiger partial charge in [0.2, 0.25) is 0 Å². The molecule has 19 heavy (non-hydrogen) atoms. The Balaban J connectivity index is 2.19. The van der Waals surface area contributed by atoms with Gasteiger partial charge in [0.1, 0.15) is 4.88 Å². The first-order valence-corrected chi connectivity index (χ1v) is 7.40. The predicted octanol–water partition coefficient (Wildman–Crippen LogP) is 1.69. The van der Waals surface area contributed by atoms with E-state index < -0.39 is 0 Å². The van der Waals surface area contributed by atoms with Crippen LogP contribution in [0, 0.1) is 5.92 Å². The largest absolute Gasteiger partial charge is 0.345 e. The molecule has 6 heteroatoms. The molecule has 1 fully saturated rings. The number of rotatable bonds is 4. The van der Waals surface area contributed by atoms with Crippen molar-refractivity contribution < 1.29 is 4.79 Å². The van der Waals surface area contributed by atoms with Gasteiger partial charge >= 0.3 is 0 Å². The molecule has 1 saturated carbocycles. The van der Waals surface area contributed by atoms with Gasteiger partial charge in [0.15, 0.2) is 0 Å². The highest BCUT2D eigenvalue weighted by Gasteiger charge is 2.42. The molecule has 1 heterocycles. The number of aromatic nitrogens is 2. The summed E-state index contributed by atoms with van der Waals surface area (Å²) < 4.78 is 3.93. The molecule has 106 valence electrons. The number of nitrogens with one attached hydrogen (secondary N) is 1. The van der Waals surface area contributed by atoms with Crippen molar-refractivity contribution in [3.05, 3.63) is 10.6 Å². The molecular formula is C13H22N4OS. The van der Waals surface area contributed by atoms with Gasteiger partial charge in [-0.15, -0.1) is 5.10 Å². The Labute approximate surface area is 118 Å². The maximum atomic E-state index is 12.4. The molecule has 0 spiro atoms. The molecule has 1 atom stereocenters. The van der Waals surface area contributed by atoms with Crippen molar-refractivity contribution in [1.29, 1.82) is 0 Å². The maximum absolute atomic E-state index is 12.4. The molecule has 5 nitrogen and oxygen atoms in total. The van der Waals surface area contributed by atoms with Crippen LogP contribution in [0.25, 0.3) is 0 Å². The molecule has 1 aliphatic carbocycles. The van der Waals surface area contributed by atoms with Crippen molar-refractivity contribution in [3.8, 4) is 0 Å². The Morgan fingerprint density at radius 2 is 2.05 bits per heavy atom. The first kappa shape index (κ1) is 14.4. The Bertz CT molecular complexity index is 475. The zero-order valence-corrected chi connectivity index (χ0v) is 12.8. The average molecular weight is 282 g/mol. The maximum Gasteiger partial charge on any atom is 0.265 e. The summed E-state index contributed by atoms with van der Waals surface area (Å²) in [5.74, 6) is 0.403. The Kier molecular flexibility index (Phi) is 3.66.